The van der Waals surface area contributed by atoms with Gasteiger partial charge in [0.05, 0.1) is 7.11 Å². The van der Waals surface area contributed by atoms with Crippen molar-refractivity contribution in [1.82, 2.24) is 4.90 Å². The normalized spacial score (nSPS) is 37.1. The molecule has 2 saturated heterocycles. The van der Waals surface area contributed by atoms with Gasteiger partial charge in [0, 0.05) is 19.0 Å². The van der Waals surface area contributed by atoms with Crippen molar-refractivity contribution in [3.05, 3.63) is 0 Å². The highest BCUT2D eigenvalue weighted by Crippen LogP contribution is 2.33. The maximum atomic E-state index is 11.5. The lowest BCUT2D eigenvalue weighted by molar-refractivity contribution is -0.160. The van der Waals surface area contributed by atoms with Crippen molar-refractivity contribution < 1.29 is 14.6 Å². The van der Waals surface area contributed by atoms with Crippen LogP contribution in [0.3, 0.4) is 0 Å². The largest absolute Gasteiger partial charge is 0.467 e. The van der Waals surface area contributed by atoms with Crippen molar-refractivity contribution in [2.24, 2.45) is 0 Å². The maximum Gasteiger partial charge on any atom is 0.339 e. The number of esters is 1. The van der Waals surface area contributed by atoms with Crippen molar-refractivity contribution in [3.8, 4) is 0 Å². The number of hydrogen-bond donors (Lipinski definition) is 1. The minimum Gasteiger partial charge on any atom is -0.467 e. The summed E-state index contributed by atoms with van der Waals surface area (Å²) in [5, 5.41) is 10.2. The Hall–Kier alpha value is -0.610. The zero-order valence-electron chi connectivity index (χ0n) is 9.24. The highest BCUT2D eigenvalue weighted by Gasteiger charge is 2.48. The first-order chi connectivity index (χ1) is 7.15. The molecule has 86 valence electrons. The highest BCUT2D eigenvalue weighted by molar-refractivity contribution is 5.80. The van der Waals surface area contributed by atoms with Gasteiger partial charge in [-0.15, -0.1) is 0 Å². The van der Waals surface area contributed by atoms with Crippen LogP contribution in [0.5, 0.6) is 0 Å². The third-order valence-electron chi connectivity index (χ3n) is 3.60. The average molecular weight is 213 g/mol. The van der Waals surface area contributed by atoms with Crippen molar-refractivity contribution in [3.63, 3.8) is 0 Å². The van der Waals surface area contributed by atoms with E-state index in [2.05, 4.69) is 9.64 Å². The second-order valence-electron chi connectivity index (χ2n) is 4.70. The van der Waals surface area contributed by atoms with E-state index in [1.165, 1.54) is 26.4 Å². The number of carbonyl (C=O) groups excluding carboxylic acids is 1. The van der Waals surface area contributed by atoms with E-state index in [0.717, 1.165) is 13.0 Å². The van der Waals surface area contributed by atoms with Gasteiger partial charge in [-0.25, -0.2) is 4.79 Å². The van der Waals surface area contributed by atoms with Gasteiger partial charge in [0.25, 0.3) is 0 Å². The third-order valence-corrected chi connectivity index (χ3v) is 3.60. The Kier molecular flexibility index (Phi) is 2.98. The number of aliphatic hydroxyl groups is 1. The molecule has 0 bridgehead atoms. The Morgan fingerprint density at radius 2 is 2.27 bits per heavy atom. The van der Waals surface area contributed by atoms with Gasteiger partial charge in [0.2, 0.25) is 0 Å². The molecule has 4 heteroatoms. The lowest BCUT2D eigenvalue weighted by Gasteiger charge is -2.21. The van der Waals surface area contributed by atoms with Crippen LogP contribution in [0.25, 0.3) is 0 Å². The van der Waals surface area contributed by atoms with E-state index in [1.807, 2.05) is 0 Å². The van der Waals surface area contributed by atoms with E-state index in [1.54, 1.807) is 0 Å². The smallest absolute Gasteiger partial charge is 0.339 e. The van der Waals surface area contributed by atoms with Gasteiger partial charge in [-0.05, 0) is 19.4 Å². The van der Waals surface area contributed by atoms with Crippen LogP contribution in [-0.4, -0.2) is 47.8 Å². The second kappa shape index (κ2) is 4.10. The van der Waals surface area contributed by atoms with Crippen molar-refractivity contribution >= 4 is 5.97 Å². The van der Waals surface area contributed by atoms with E-state index in [0.29, 0.717) is 19.0 Å². The minimum atomic E-state index is -1.25. The molecule has 2 aliphatic rings. The van der Waals surface area contributed by atoms with Crippen LogP contribution in [0.2, 0.25) is 0 Å². The Morgan fingerprint density at radius 3 is 3.00 bits per heavy atom. The summed E-state index contributed by atoms with van der Waals surface area (Å²) in [7, 11) is 1.34. The van der Waals surface area contributed by atoms with E-state index in [9.17, 15) is 9.90 Å². The van der Waals surface area contributed by atoms with E-state index in [-0.39, 0.29) is 0 Å². The van der Waals surface area contributed by atoms with Gasteiger partial charge in [-0.2, -0.15) is 0 Å². The fraction of sp³-hybridized carbons (Fsp3) is 0.909. The average Bonchev–Trinajstić information content (AvgIpc) is 2.41. The number of fused-ring (bicyclic) bond motifs is 1. The lowest BCUT2D eigenvalue weighted by Crippen LogP contribution is -2.42. The number of hydrogen-bond acceptors (Lipinski definition) is 4. The third kappa shape index (κ3) is 2.01. The van der Waals surface area contributed by atoms with Gasteiger partial charge in [-0.3, -0.25) is 4.90 Å². The number of rotatable bonds is 1. The molecule has 2 aliphatic heterocycles. The highest BCUT2D eigenvalue weighted by atomic mass is 16.5. The Balaban J connectivity index is 2.06. The molecule has 0 aromatic heterocycles. The molecule has 2 fully saturated rings. The fourth-order valence-corrected chi connectivity index (χ4v) is 2.80. The number of carbonyl (C=O) groups is 1. The summed E-state index contributed by atoms with van der Waals surface area (Å²) >= 11 is 0. The van der Waals surface area contributed by atoms with Crippen molar-refractivity contribution in [2.75, 3.05) is 20.2 Å². The van der Waals surface area contributed by atoms with Gasteiger partial charge in [0.15, 0.2) is 5.60 Å². The van der Waals surface area contributed by atoms with Crippen molar-refractivity contribution in [2.45, 2.75) is 43.7 Å². The standard InChI is InChI=1S/C11H19NO3/c1-15-10(13)11(14)7-9-5-3-2-4-6-12(9)8-11/h9,14H,2-8H2,1H3. The molecule has 2 atom stereocenters. The summed E-state index contributed by atoms with van der Waals surface area (Å²) < 4.78 is 4.66. The lowest BCUT2D eigenvalue weighted by atomic mass is 9.98. The number of ether oxygens (including phenoxy) is 1. The van der Waals surface area contributed by atoms with Gasteiger partial charge in [-0.1, -0.05) is 12.8 Å². The number of nitrogens with zero attached hydrogens (tertiary/aromatic N) is 1. The monoisotopic (exact) mass is 213 g/mol. The van der Waals surface area contributed by atoms with Crippen LogP contribution in [0.15, 0.2) is 0 Å². The van der Waals surface area contributed by atoms with Gasteiger partial charge in [0.1, 0.15) is 0 Å². The molecule has 4 nitrogen and oxygen atoms in total. The van der Waals surface area contributed by atoms with E-state index in [4.69, 9.17) is 0 Å². The Labute approximate surface area is 90.2 Å². The van der Waals surface area contributed by atoms with Crippen LogP contribution < -0.4 is 0 Å². The van der Waals surface area contributed by atoms with Crippen LogP contribution in [0.4, 0.5) is 0 Å². The van der Waals surface area contributed by atoms with Gasteiger partial charge >= 0.3 is 5.97 Å². The molecule has 2 heterocycles. The molecule has 0 aromatic carbocycles. The molecule has 0 aromatic rings. The molecule has 0 aliphatic carbocycles. The van der Waals surface area contributed by atoms with Gasteiger partial charge < -0.3 is 9.84 Å². The van der Waals surface area contributed by atoms with E-state index >= 15 is 0 Å². The summed E-state index contributed by atoms with van der Waals surface area (Å²) in [6.07, 6.45) is 5.29. The van der Waals surface area contributed by atoms with Crippen LogP contribution in [-0.2, 0) is 9.53 Å². The fourth-order valence-electron chi connectivity index (χ4n) is 2.80. The quantitative estimate of drug-likeness (QED) is 0.646. The Morgan fingerprint density at radius 1 is 1.47 bits per heavy atom. The topological polar surface area (TPSA) is 49.8 Å². The first-order valence-electron chi connectivity index (χ1n) is 5.70. The number of methoxy groups -OCH3 is 1. The molecule has 15 heavy (non-hydrogen) atoms. The molecular weight excluding hydrogens is 194 g/mol. The maximum absolute atomic E-state index is 11.5. The zero-order valence-corrected chi connectivity index (χ0v) is 9.24. The first-order valence-corrected chi connectivity index (χ1v) is 5.70. The Bertz CT molecular complexity index is 240. The molecular formula is C11H19NO3. The van der Waals surface area contributed by atoms with Crippen molar-refractivity contribution in [1.29, 1.82) is 0 Å². The molecule has 2 rings (SSSR count). The molecule has 0 radical (unpaired) electrons. The predicted octanol–water partition coefficient (Wildman–Crippen LogP) is 0.539. The SMILES string of the molecule is COC(=O)C1(O)CC2CCCCCN2C1. The first kappa shape index (κ1) is 10.9. The molecule has 0 spiro atoms. The summed E-state index contributed by atoms with van der Waals surface area (Å²) in [6, 6.07) is 0.372. The zero-order chi connectivity index (χ0) is 10.9. The van der Waals surface area contributed by atoms with Crippen LogP contribution in [0.1, 0.15) is 32.1 Å². The van der Waals surface area contributed by atoms with E-state index < -0.39 is 11.6 Å². The molecule has 1 N–H and O–H groups in total. The summed E-state index contributed by atoms with van der Waals surface area (Å²) in [5.74, 6) is -0.476. The molecule has 0 saturated carbocycles. The summed E-state index contributed by atoms with van der Waals surface area (Å²) in [6.45, 7) is 1.45. The van der Waals surface area contributed by atoms with Crippen LogP contribution >= 0.6 is 0 Å². The summed E-state index contributed by atoms with van der Waals surface area (Å²) in [4.78, 5) is 13.7. The molecule has 0 amide bonds. The second-order valence-corrected chi connectivity index (χ2v) is 4.70. The molecule has 2 unspecified atom stereocenters. The predicted molar refractivity (Wildman–Crippen MR) is 55.4 cm³/mol. The minimum absolute atomic E-state index is 0.372. The van der Waals surface area contributed by atoms with Crippen LogP contribution in [0, 0.1) is 0 Å². The summed E-state index contributed by atoms with van der Waals surface area (Å²) in [5.41, 5.74) is -1.25.